The molecule has 9 heteroatoms. The van der Waals surface area contributed by atoms with Gasteiger partial charge in [-0.3, -0.25) is 10.1 Å². The van der Waals surface area contributed by atoms with Gasteiger partial charge in [-0.05, 0) is 30.4 Å². The van der Waals surface area contributed by atoms with Crippen LogP contribution in [0, 0.1) is 10.1 Å². The number of hydrogen-bond acceptors (Lipinski definition) is 6. The highest BCUT2D eigenvalue weighted by molar-refractivity contribution is 7.80. The molecule has 1 aliphatic rings. The summed E-state index contributed by atoms with van der Waals surface area (Å²) >= 11 is 5.25. The van der Waals surface area contributed by atoms with Crippen LogP contribution in [0.15, 0.2) is 36.4 Å². The average Bonchev–Trinajstić information content (AvgIpc) is 3.02. The summed E-state index contributed by atoms with van der Waals surface area (Å²) in [4.78, 5) is 10.3. The predicted octanol–water partition coefficient (Wildman–Crippen LogP) is 3.14. The SMILES string of the molecule is COc1cc([N+](=O)[O-])ccc1NC(=S)Nc1ccc2c(c1)OCO2. The number of thiocarbonyl (C=S) groups is 1. The molecule has 0 amide bonds. The third-order valence-electron chi connectivity index (χ3n) is 3.27. The molecule has 2 aromatic rings. The molecule has 8 nitrogen and oxygen atoms in total. The molecule has 0 fully saturated rings. The van der Waals surface area contributed by atoms with E-state index in [1.807, 2.05) is 0 Å². The summed E-state index contributed by atoms with van der Waals surface area (Å²) in [6, 6.07) is 9.57. The highest BCUT2D eigenvalue weighted by Gasteiger charge is 2.15. The Labute approximate surface area is 142 Å². The zero-order valence-corrected chi connectivity index (χ0v) is 13.4. The highest BCUT2D eigenvalue weighted by atomic mass is 32.1. The van der Waals surface area contributed by atoms with Crippen molar-refractivity contribution in [1.82, 2.24) is 0 Å². The summed E-state index contributed by atoms with van der Waals surface area (Å²) in [7, 11) is 1.43. The van der Waals surface area contributed by atoms with E-state index in [1.54, 1.807) is 18.2 Å². The molecular weight excluding hydrogens is 334 g/mol. The molecule has 0 saturated heterocycles. The van der Waals surface area contributed by atoms with Gasteiger partial charge in [0, 0.05) is 17.8 Å². The molecule has 0 atom stereocenters. The Bertz CT molecular complexity index is 812. The van der Waals surface area contributed by atoms with Crippen molar-refractivity contribution < 1.29 is 19.1 Å². The third-order valence-corrected chi connectivity index (χ3v) is 3.48. The van der Waals surface area contributed by atoms with Gasteiger partial charge in [0.2, 0.25) is 6.79 Å². The van der Waals surface area contributed by atoms with Crippen molar-refractivity contribution in [3.8, 4) is 17.2 Å². The lowest BCUT2D eigenvalue weighted by molar-refractivity contribution is -0.384. The standard InChI is InChI=1S/C15H13N3O5S/c1-21-13-7-10(18(19)20)3-4-11(13)17-15(24)16-9-2-5-12-14(6-9)23-8-22-12/h2-7H,8H2,1H3,(H2,16,17,24). The first-order chi connectivity index (χ1) is 11.6. The third kappa shape index (κ3) is 3.30. The molecule has 0 saturated carbocycles. The summed E-state index contributed by atoms with van der Waals surface area (Å²) in [6.07, 6.45) is 0. The normalized spacial score (nSPS) is 11.7. The van der Waals surface area contributed by atoms with Crippen LogP contribution in [0.5, 0.6) is 17.2 Å². The van der Waals surface area contributed by atoms with E-state index in [1.165, 1.54) is 25.3 Å². The molecule has 0 aliphatic carbocycles. The fourth-order valence-corrected chi connectivity index (χ4v) is 2.38. The number of non-ortho nitro benzene ring substituents is 1. The quantitative estimate of drug-likeness (QED) is 0.495. The van der Waals surface area contributed by atoms with Gasteiger partial charge in [0.15, 0.2) is 16.6 Å². The zero-order valence-electron chi connectivity index (χ0n) is 12.6. The van der Waals surface area contributed by atoms with Crippen molar-refractivity contribution in [1.29, 1.82) is 0 Å². The van der Waals surface area contributed by atoms with Gasteiger partial charge in [-0.2, -0.15) is 0 Å². The summed E-state index contributed by atoms with van der Waals surface area (Å²) in [5.74, 6) is 1.63. The summed E-state index contributed by atoms with van der Waals surface area (Å²) < 4.78 is 15.7. The summed E-state index contributed by atoms with van der Waals surface area (Å²) in [5.41, 5.74) is 1.17. The van der Waals surface area contributed by atoms with Crippen LogP contribution in [0.25, 0.3) is 0 Å². The number of methoxy groups -OCH3 is 1. The van der Waals surface area contributed by atoms with Gasteiger partial charge in [0.05, 0.1) is 23.8 Å². The van der Waals surface area contributed by atoms with Crippen LogP contribution >= 0.6 is 12.2 Å². The number of ether oxygens (including phenoxy) is 3. The predicted molar refractivity (Wildman–Crippen MR) is 92.1 cm³/mol. The molecular formula is C15H13N3O5S. The van der Waals surface area contributed by atoms with Crippen LogP contribution in [0.2, 0.25) is 0 Å². The Hall–Kier alpha value is -3.07. The fourth-order valence-electron chi connectivity index (χ4n) is 2.16. The summed E-state index contributed by atoms with van der Waals surface area (Å²) in [6.45, 7) is 0.196. The first-order valence-electron chi connectivity index (χ1n) is 6.87. The monoisotopic (exact) mass is 347 g/mol. The number of benzene rings is 2. The van der Waals surface area contributed by atoms with Crippen LogP contribution in [0.3, 0.4) is 0 Å². The second-order valence-electron chi connectivity index (χ2n) is 4.79. The van der Waals surface area contributed by atoms with Gasteiger partial charge < -0.3 is 24.8 Å². The zero-order chi connectivity index (χ0) is 17.1. The first-order valence-corrected chi connectivity index (χ1v) is 7.28. The van der Waals surface area contributed by atoms with Gasteiger partial charge in [0.25, 0.3) is 5.69 Å². The number of fused-ring (bicyclic) bond motifs is 1. The van der Waals surface area contributed by atoms with Gasteiger partial charge in [-0.15, -0.1) is 0 Å². The molecule has 0 radical (unpaired) electrons. The van der Waals surface area contributed by atoms with Crippen LogP contribution < -0.4 is 24.8 Å². The maximum atomic E-state index is 10.8. The van der Waals surface area contributed by atoms with Crippen LogP contribution in [0.4, 0.5) is 17.1 Å². The molecule has 3 rings (SSSR count). The van der Waals surface area contributed by atoms with E-state index in [2.05, 4.69) is 10.6 Å². The second-order valence-corrected chi connectivity index (χ2v) is 5.20. The Morgan fingerprint density at radius 1 is 1.21 bits per heavy atom. The minimum absolute atomic E-state index is 0.0629. The first kappa shape index (κ1) is 15.8. The van der Waals surface area contributed by atoms with Crippen molar-refractivity contribution in [2.45, 2.75) is 0 Å². The molecule has 0 unspecified atom stereocenters. The number of nitro groups is 1. The van der Waals surface area contributed by atoms with E-state index in [-0.39, 0.29) is 12.5 Å². The van der Waals surface area contributed by atoms with Crippen LogP contribution in [0.1, 0.15) is 0 Å². The average molecular weight is 347 g/mol. The number of hydrogen-bond donors (Lipinski definition) is 2. The lowest BCUT2D eigenvalue weighted by Gasteiger charge is -2.13. The van der Waals surface area contributed by atoms with Crippen LogP contribution in [-0.2, 0) is 0 Å². The highest BCUT2D eigenvalue weighted by Crippen LogP contribution is 2.34. The topological polar surface area (TPSA) is 94.9 Å². The Morgan fingerprint density at radius 3 is 2.75 bits per heavy atom. The van der Waals surface area contributed by atoms with Gasteiger partial charge in [0.1, 0.15) is 5.75 Å². The molecule has 0 spiro atoms. The van der Waals surface area contributed by atoms with E-state index >= 15 is 0 Å². The van der Waals surface area contributed by atoms with Crippen LogP contribution in [-0.4, -0.2) is 23.9 Å². The van der Waals surface area contributed by atoms with Gasteiger partial charge >= 0.3 is 0 Å². The molecule has 1 aliphatic heterocycles. The van der Waals surface area contributed by atoms with E-state index in [9.17, 15) is 10.1 Å². The Balaban J connectivity index is 1.71. The lowest BCUT2D eigenvalue weighted by Crippen LogP contribution is -2.19. The second kappa shape index (κ2) is 6.59. The number of rotatable bonds is 4. The summed E-state index contributed by atoms with van der Waals surface area (Å²) in [5, 5.41) is 17.1. The van der Waals surface area contributed by atoms with Crippen molar-refractivity contribution >= 4 is 34.4 Å². The van der Waals surface area contributed by atoms with E-state index < -0.39 is 4.92 Å². The minimum Gasteiger partial charge on any atom is -0.494 e. The van der Waals surface area contributed by atoms with Crippen molar-refractivity contribution in [3.63, 3.8) is 0 Å². The van der Waals surface area contributed by atoms with Gasteiger partial charge in [-0.25, -0.2) is 0 Å². The van der Waals surface area contributed by atoms with E-state index in [0.29, 0.717) is 28.0 Å². The van der Waals surface area contributed by atoms with Gasteiger partial charge in [-0.1, -0.05) is 0 Å². The van der Waals surface area contributed by atoms with Crippen molar-refractivity contribution in [2.24, 2.45) is 0 Å². The molecule has 24 heavy (non-hydrogen) atoms. The Kier molecular flexibility index (Phi) is 4.34. The van der Waals surface area contributed by atoms with E-state index in [4.69, 9.17) is 26.4 Å². The number of nitro benzene ring substituents is 1. The van der Waals surface area contributed by atoms with Crippen molar-refractivity contribution in [2.75, 3.05) is 24.5 Å². The number of nitrogens with one attached hydrogen (secondary N) is 2. The maximum absolute atomic E-state index is 10.8. The van der Waals surface area contributed by atoms with Crippen molar-refractivity contribution in [3.05, 3.63) is 46.5 Å². The van der Waals surface area contributed by atoms with E-state index in [0.717, 1.165) is 5.69 Å². The molecule has 1 heterocycles. The molecule has 2 N–H and O–H groups in total. The largest absolute Gasteiger partial charge is 0.494 e. The smallest absolute Gasteiger partial charge is 0.273 e. The fraction of sp³-hybridized carbons (Fsp3) is 0.133. The molecule has 0 bridgehead atoms. The minimum atomic E-state index is -0.491. The number of nitrogens with zero attached hydrogens (tertiary/aromatic N) is 1. The molecule has 124 valence electrons. The molecule has 2 aromatic carbocycles. The molecule has 0 aromatic heterocycles. The Morgan fingerprint density at radius 2 is 2.00 bits per heavy atom. The number of anilines is 2. The lowest BCUT2D eigenvalue weighted by atomic mass is 10.2. The maximum Gasteiger partial charge on any atom is 0.273 e.